The first-order valence-electron chi connectivity index (χ1n) is 8.10. The van der Waals surface area contributed by atoms with Gasteiger partial charge in [0.15, 0.2) is 0 Å². The van der Waals surface area contributed by atoms with Crippen molar-refractivity contribution in [1.29, 1.82) is 0 Å². The van der Waals surface area contributed by atoms with Crippen molar-refractivity contribution < 1.29 is 17.9 Å². The van der Waals surface area contributed by atoms with Crippen LogP contribution in [0.15, 0.2) is 52.1 Å². The van der Waals surface area contributed by atoms with Gasteiger partial charge in [0.05, 0.1) is 19.0 Å². The van der Waals surface area contributed by atoms with Crippen LogP contribution in [0, 0.1) is 0 Å². The summed E-state index contributed by atoms with van der Waals surface area (Å²) in [7, 11) is 1.59. The molecule has 0 radical (unpaired) electrons. The van der Waals surface area contributed by atoms with Crippen LogP contribution in [0.4, 0.5) is 19.1 Å². The number of thioether (sulfide) groups is 1. The largest absolute Gasteiger partial charge is 0.496 e. The first-order chi connectivity index (χ1) is 12.3. The Bertz CT molecular complexity index is 923. The lowest BCUT2D eigenvalue weighted by Crippen LogP contribution is -2.50. The summed E-state index contributed by atoms with van der Waals surface area (Å²) in [6, 6.07) is 0. The summed E-state index contributed by atoms with van der Waals surface area (Å²) in [6.07, 6.45) is 3.90. The summed E-state index contributed by atoms with van der Waals surface area (Å²) in [4.78, 5) is 5.68. The van der Waals surface area contributed by atoms with Crippen molar-refractivity contribution in [2.75, 3.05) is 18.3 Å². The Morgan fingerprint density at radius 2 is 2.04 bits per heavy atom. The Morgan fingerprint density at radius 3 is 2.65 bits per heavy atom. The molecule has 0 amide bonds. The van der Waals surface area contributed by atoms with Crippen LogP contribution < -0.4 is 4.90 Å². The predicted octanol–water partition coefficient (Wildman–Crippen LogP) is 4.73. The molecule has 1 aliphatic carbocycles. The van der Waals surface area contributed by atoms with Crippen LogP contribution >= 0.6 is 11.8 Å². The minimum absolute atomic E-state index is 0.293. The quantitative estimate of drug-likeness (QED) is 0.693. The van der Waals surface area contributed by atoms with Gasteiger partial charge in [0.2, 0.25) is 5.95 Å². The van der Waals surface area contributed by atoms with Crippen molar-refractivity contribution in [2.24, 2.45) is 0 Å². The van der Waals surface area contributed by atoms with E-state index in [4.69, 9.17) is 4.74 Å². The van der Waals surface area contributed by atoms with Gasteiger partial charge in [-0.2, -0.15) is 13.2 Å². The first-order valence-corrected chi connectivity index (χ1v) is 9.33. The molecule has 0 fully saturated rings. The van der Waals surface area contributed by atoms with Gasteiger partial charge in [-0.1, -0.05) is 12.2 Å². The van der Waals surface area contributed by atoms with Gasteiger partial charge in [-0.15, -0.1) is 11.8 Å². The molecule has 0 N–H and O–H groups in total. The molecule has 8 heteroatoms. The molecule has 0 aromatic carbocycles. The molecule has 1 atom stereocenters. The zero-order chi connectivity index (χ0) is 18.9. The van der Waals surface area contributed by atoms with E-state index in [-0.39, 0.29) is 0 Å². The van der Waals surface area contributed by atoms with Gasteiger partial charge >= 0.3 is 6.18 Å². The second-order valence-corrected chi connectivity index (χ2v) is 7.39. The second-order valence-electron chi connectivity index (χ2n) is 6.57. The fraction of sp³-hybridized carbons (Fsp3) is 0.389. The molecule has 1 unspecified atom stereocenters. The van der Waals surface area contributed by atoms with Gasteiger partial charge in [-0.25, -0.2) is 4.98 Å². The molecule has 0 saturated carbocycles. The molecule has 0 saturated heterocycles. The molecule has 1 spiro atoms. The topological polar surface area (TPSA) is 30.3 Å². The van der Waals surface area contributed by atoms with Crippen LogP contribution in [0.3, 0.4) is 0 Å². The molecule has 0 bridgehead atoms. The summed E-state index contributed by atoms with van der Waals surface area (Å²) in [6.45, 7) is 3.80. The van der Waals surface area contributed by atoms with Crippen LogP contribution in [0.1, 0.15) is 20.3 Å². The predicted molar refractivity (Wildman–Crippen MR) is 95.7 cm³/mol. The van der Waals surface area contributed by atoms with E-state index in [9.17, 15) is 13.2 Å². The van der Waals surface area contributed by atoms with E-state index in [0.717, 1.165) is 33.7 Å². The van der Waals surface area contributed by atoms with E-state index in [0.29, 0.717) is 12.4 Å². The maximum absolute atomic E-state index is 13.8. The Hall–Kier alpha value is -2.09. The summed E-state index contributed by atoms with van der Waals surface area (Å²) < 4.78 is 48.8. The van der Waals surface area contributed by atoms with Gasteiger partial charge in [-0.05, 0) is 31.8 Å². The monoisotopic (exact) mass is 381 g/mol. The number of allylic oxidation sites excluding steroid dienone is 4. The van der Waals surface area contributed by atoms with Crippen molar-refractivity contribution in [3.05, 3.63) is 47.0 Å². The number of ether oxygens (including phenoxy) is 1. The number of hydrogen-bond donors (Lipinski definition) is 0. The highest BCUT2D eigenvalue weighted by Crippen LogP contribution is 2.57. The molecule has 26 heavy (non-hydrogen) atoms. The maximum Gasteiger partial charge on any atom is 0.431 e. The van der Waals surface area contributed by atoms with Crippen molar-refractivity contribution >= 4 is 23.4 Å². The third-order valence-corrected chi connectivity index (χ3v) is 5.84. The number of imidazole rings is 1. The lowest BCUT2D eigenvalue weighted by atomic mass is 9.78. The van der Waals surface area contributed by atoms with Gasteiger partial charge in [-0.3, -0.25) is 9.47 Å². The molecule has 1 aromatic rings. The summed E-state index contributed by atoms with van der Waals surface area (Å²) in [5, 5.41) is 0.799. The lowest BCUT2D eigenvalue weighted by molar-refractivity contribution is -0.0945. The third kappa shape index (κ3) is 2.02. The fourth-order valence-electron chi connectivity index (χ4n) is 4.34. The highest BCUT2D eigenvalue weighted by molar-refractivity contribution is 7.98. The Balaban J connectivity index is 2.07. The van der Waals surface area contributed by atoms with Crippen LogP contribution in [0.2, 0.25) is 0 Å². The van der Waals surface area contributed by atoms with Crippen LogP contribution in [-0.2, 0) is 4.74 Å². The minimum Gasteiger partial charge on any atom is -0.496 e. The van der Waals surface area contributed by atoms with Crippen molar-refractivity contribution in [3.8, 4) is 0 Å². The number of nitrogens with zero attached hydrogens (tertiary/aromatic N) is 3. The van der Waals surface area contributed by atoms with E-state index in [2.05, 4.69) is 4.98 Å². The van der Waals surface area contributed by atoms with Gasteiger partial charge in [0.1, 0.15) is 22.0 Å². The third-order valence-electron chi connectivity index (χ3n) is 5.13. The second kappa shape index (κ2) is 5.45. The number of aromatic nitrogens is 2. The molecular formula is C18H18F3N3OS. The summed E-state index contributed by atoms with van der Waals surface area (Å²) in [5.41, 5.74) is 0.896. The van der Waals surface area contributed by atoms with Crippen LogP contribution in [-0.4, -0.2) is 34.6 Å². The Kier molecular flexibility index (Phi) is 3.63. The number of alkyl halides is 3. The highest BCUT2D eigenvalue weighted by Gasteiger charge is 2.58. The number of fused-ring (bicyclic) bond motifs is 3. The first kappa shape index (κ1) is 17.3. The Morgan fingerprint density at radius 1 is 1.31 bits per heavy atom. The van der Waals surface area contributed by atoms with Crippen LogP contribution in [0.5, 0.6) is 0 Å². The van der Waals surface area contributed by atoms with Gasteiger partial charge in [0.25, 0.3) is 0 Å². The van der Waals surface area contributed by atoms with E-state index in [1.165, 1.54) is 22.7 Å². The highest BCUT2D eigenvalue weighted by atomic mass is 32.2. The molecule has 1 aromatic heterocycles. The summed E-state index contributed by atoms with van der Waals surface area (Å²) >= 11 is 1.46. The van der Waals surface area contributed by atoms with E-state index in [1.807, 2.05) is 30.7 Å². The van der Waals surface area contributed by atoms with E-state index < -0.39 is 17.4 Å². The maximum atomic E-state index is 13.8. The van der Waals surface area contributed by atoms with E-state index >= 15 is 0 Å². The number of halogens is 3. The molecule has 138 valence electrons. The molecule has 4 nitrogen and oxygen atoms in total. The Labute approximate surface area is 153 Å². The normalized spacial score (nSPS) is 24.6. The SMILES string of the molecule is COC1=C(C)CC23C=CC=C(C(F)(F)F)N2c2ncc(SC)n2C3=C1C. The van der Waals surface area contributed by atoms with Crippen molar-refractivity contribution in [3.63, 3.8) is 0 Å². The molecule has 3 aliphatic rings. The average Bonchev–Trinajstić information content (AvgIpc) is 3.08. The number of rotatable bonds is 2. The van der Waals surface area contributed by atoms with Crippen molar-refractivity contribution in [2.45, 2.75) is 37.0 Å². The average molecular weight is 381 g/mol. The van der Waals surface area contributed by atoms with Crippen LogP contribution in [0.25, 0.3) is 5.70 Å². The molecule has 3 heterocycles. The zero-order valence-corrected chi connectivity index (χ0v) is 15.6. The number of methoxy groups -OCH3 is 1. The van der Waals surface area contributed by atoms with E-state index in [1.54, 1.807) is 13.3 Å². The zero-order valence-electron chi connectivity index (χ0n) is 14.8. The van der Waals surface area contributed by atoms with Gasteiger partial charge in [0, 0.05) is 12.0 Å². The summed E-state index contributed by atoms with van der Waals surface area (Å²) in [5.74, 6) is 1.03. The smallest absolute Gasteiger partial charge is 0.431 e. The molecule has 2 aliphatic heterocycles. The van der Waals surface area contributed by atoms with Crippen molar-refractivity contribution in [1.82, 2.24) is 9.55 Å². The minimum atomic E-state index is -4.48. The number of hydrogen-bond acceptors (Lipinski definition) is 4. The molecular weight excluding hydrogens is 363 g/mol. The molecule has 4 rings (SSSR count). The lowest BCUT2D eigenvalue weighted by Gasteiger charge is -2.43. The number of anilines is 1. The van der Waals surface area contributed by atoms with Gasteiger partial charge < -0.3 is 4.74 Å². The standard InChI is InChI=1S/C18H18F3N3OS/c1-10-8-17-7-5-6-12(18(19,20)21)24(17)16-22-9-13(26-4)23(16)15(17)11(2)14(10)25-3/h5-7,9H,8H2,1-4H3. The fourth-order valence-corrected chi connectivity index (χ4v) is 4.85.